The van der Waals surface area contributed by atoms with Crippen LogP contribution in [0.1, 0.15) is 23.5 Å². The molecule has 1 aliphatic rings. The lowest BCUT2D eigenvalue weighted by atomic mass is 9.98. The van der Waals surface area contributed by atoms with E-state index in [4.69, 9.17) is 9.47 Å². The highest BCUT2D eigenvalue weighted by Gasteiger charge is 2.30. The highest BCUT2D eigenvalue weighted by molar-refractivity contribution is 5.98. The highest BCUT2D eigenvalue weighted by atomic mass is 16.5. The molecule has 174 valence electrons. The summed E-state index contributed by atoms with van der Waals surface area (Å²) >= 11 is 0. The number of amides is 2. The maximum atomic E-state index is 12.6. The Bertz CT molecular complexity index is 1160. The van der Waals surface area contributed by atoms with Gasteiger partial charge in [0.1, 0.15) is 18.4 Å². The molecule has 1 aliphatic carbocycles. The van der Waals surface area contributed by atoms with E-state index in [0.717, 1.165) is 22.3 Å². The molecule has 0 saturated carbocycles. The van der Waals surface area contributed by atoms with Crippen LogP contribution in [0.3, 0.4) is 0 Å². The molecule has 1 unspecified atom stereocenters. The lowest BCUT2D eigenvalue weighted by Crippen LogP contribution is -2.45. The second kappa shape index (κ2) is 10.1. The molecule has 0 heterocycles. The second-order valence-corrected chi connectivity index (χ2v) is 7.84. The quantitative estimate of drug-likeness (QED) is 0.468. The number of benzene rings is 3. The number of carboxylic acids is 1. The zero-order valence-corrected chi connectivity index (χ0v) is 18.5. The van der Waals surface area contributed by atoms with Crippen LogP contribution >= 0.6 is 0 Å². The summed E-state index contributed by atoms with van der Waals surface area (Å²) < 4.78 is 10.5. The molecular weight excluding hydrogens is 436 g/mol. The van der Waals surface area contributed by atoms with Gasteiger partial charge in [-0.25, -0.2) is 4.79 Å². The minimum atomic E-state index is -1.31. The Kier molecular flexibility index (Phi) is 6.77. The van der Waals surface area contributed by atoms with Gasteiger partial charge in [0.2, 0.25) is 5.91 Å². The predicted molar refractivity (Wildman–Crippen MR) is 126 cm³/mol. The van der Waals surface area contributed by atoms with Gasteiger partial charge >= 0.3 is 12.1 Å². The van der Waals surface area contributed by atoms with Crippen molar-refractivity contribution in [1.82, 2.24) is 5.32 Å². The van der Waals surface area contributed by atoms with Crippen LogP contribution in [-0.2, 0) is 14.3 Å². The Morgan fingerprint density at radius 3 is 2.06 bits per heavy atom. The van der Waals surface area contributed by atoms with Crippen LogP contribution in [0.4, 0.5) is 10.5 Å². The van der Waals surface area contributed by atoms with E-state index in [9.17, 15) is 19.5 Å². The number of carbonyl (C=O) groups is 3. The van der Waals surface area contributed by atoms with E-state index in [1.807, 2.05) is 48.5 Å². The molecule has 8 nitrogen and oxygen atoms in total. The standard InChI is InChI=1S/C26H24N2O6/c1-33-17-12-10-16(11-13-17)27-25(31)23(14-24(29)30)28-26(32)34-15-22-20-8-4-2-6-18(20)19-7-3-5-9-21(19)22/h2-13,22-23H,14-15H2,1H3,(H,27,31)(H,28,32)(H,29,30). The Labute approximate surface area is 196 Å². The first-order valence-electron chi connectivity index (χ1n) is 10.7. The fraction of sp³-hybridized carbons (Fsp3) is 0.192. The number of nitrogens with one attached hydrogen (secondary N) is 2. The number of fused-ring (bicyclic) bond motifs is 3. The third kappa shape index (κ3) is 5.01. The molecule has 0 bridgehead atoms. The number of ether oxygens (including phenoxy) is 2. The van der Waals surface area contributed by atoms with Gasteiger partial charge in [-0.3, -0.25) is 9.59 Å². The maximum Gasteiger partial charge on any atom is 0.407 e. The zero-order valence-electron chi connectivity index (χ0n) is 18.5. The summed E-state index contributed by atoms with van der Waals surface area (Å²) in [7, 11) is 1.52. The van der Waals surface area contributed by atoms with E-state index in [-0.39, 0.29) is 12.5 Å². The van der Waals surface area contributed by atoms with E-state index in [0.29, 0.717) is 11.4 Å². The summed E-state index contributed by atoms with van der Waals surface area (Å²) in [6.45, 7) is 0.0553. The van der Waals surface area contributed by atoms with E-state index < -0.39 is 30.4 Å². The van der Waals surface area contributed by atoms with Crippen LogP contribution in [0.25, 0.3) is 11.1 Å². The topological polar surface area (TPSA) is 114 Å². The first kappa shape index (κ1) is 22.8. The van der Waals surface area contributed by atoms with Crippen LogP contribution in [0.2, 0.25) is 0 Å². The van der Waals surface area contributed by atoms with E-state index in [1.165, 1.54) is 7.11 Å². The van der Waals surface area contributed by atoms with Crippen LogP contribution < -0.4 is 15.4 Å². The minimum absolute atomic E-state index is 0.0553. The molecule has 0 saturated heterocycles. The van der Waals surface area contributed by atoms with Crippen LogP contribution in [0, 0.1) is 0 Å². The Morgan fingerprint density at radius 2 is 1.50 bits per heavy atom. The normalized spacial score (nSPS) is 12.7. The Morgan fingerprint density at radius 1 is 0.912 bits per heavy atom. The van der Waals surface area contributed by atoms with Gasteiger partial charge in [-0.15, -0.1) is 0 Å². The van der Waals surface area contributed by atoms with Gasteiger partial charge in [-0.2, -0.15) is 0 Å². The van der Waals surface area contributed by atoms with Crippen molar-refractivity contribution in [3.8, 4) is 16.9 Å². The number of carboxylic acid groups (broad SMARTS) is 1. The number of hydrogen-bond donors (Lipinski definition) is 3. The molecule has 3 aromatic carbocycles. The van der Waals surface area contributed by atoms with Gasteiger partial charge in [-0.1, -0.05) is 48.5 Å². The lowest BCUT2D eigenvalue weighted by molar-refractivity contribution is -0.139. The molecule has 34 heavy (non-hydrogen) atoms. The first-order valence-corrected chi connectivity index (χ1v) is 10.7. The van der Waals surface area contributed by atoms with Crippen molar-refractivity contribution < 1.29 is 29.0 Å². The zero-order chi connectivity index (χ0) is 24.1. The maximum absolute atomic E-state index is 12.6. The summed E-state index contributed by atoms with van der Waals surface area (Å²) in [5.74, 6) is -1.43. The third-order valence-corrected chi connectivity index (χ3v) is 5.69. The minimum Gasteiger partial charge on any atom is -0.497 e. The molecule has 2 amide bonds. The van der Waals surface area contributed by atoms with Crippen molar-refractivity contribution in [1.29, 1.82) is 0 Å². The molecule has 1 atom stereocenters. The molecule has 4 rings (SSSR count). The van der Waals surface area contributed by atoms with Crippen LogP contribution in [-0.4, -0.2) is 42.8 Å². The molecule has 3 aromatic rings. The van der Waals surface area contributed by atoms with Crippen molar-refractivity contribution in [3.63, 3.8) is 0 Å². The third-order valence-electron chi connectivity index (χ3n) is 5.69. The van der Waals surface area contributed by atoms with Crippen LogP contribution in [0.5, 0.6) is 5.75 Å². The summed E-state index contributed by atoms with van der Waals surface area (Å²) in [4.78, 5) is 36.5. The number of methoxy groups -OCH3 is 1. The first-order chi connectivity index (χ1) is 16.5. The van der Waals surface area contributed by atoms with Gasteiger partial charge in [0, 0.05) is 11.6 Å². The Hall–Kier alpha value is -4.33. The number of aliphatic carboxylic acids is 1. The summed E-state index contributed by atoms with van der Waals surface area (Å²) in [6, 6.07) is 21.1. The van der Waals surface area contributed by atoms with Crippen molar-refractivity contribution in [2.24, 2.45) is 0 Å². The SMILES string of the molecule is COc1ccc(NC(=O)C(CC(=O)O)NC(=O)OCC2c3ccccc3-c3ccccc32)cc1. The summed E-state index contributed by atoms with van der Waals surface area (Å²) in [5, 5.41) is 14.2. The van der Waals surface area contributed by atoms with Gasteiger partial charge < -0.3 is 25.2 Å². The largest absolute Gasteiger partial charge is 0.497 e. The fourth-order valence-corrected chi connectivity index (χ4v) is 4.07. The van der Waals surface area contributed by atoms with Gasteiger partial charge in [0.25, 0.3) is 0 Å². The fourth-order valence-electron chi connectivity index (χ4n) is 4.07. The molecule has 0 radical (unpaired) electrons. The van der Waals surface area contributed by atoms with Gasteiger partial charge in [0.15, 0.2) is 0 Å². The molecule has 8 heteroatoms. The molecule has 0 spiro atoms. The van der Waals surface area contributed by atoms with E-state index in [1.54, 1.807) is 24.3 Å². The summed E-state index contributed by atoms with van der Waals surface area (Å²) in [6.07, 6.45) is -1.45. The van der Waals surface area contributed by atoms with Crippen molar-refractivity contribution >= 4 is 23.7 Å². The average Bonchev–Trinajstić information content (AvgIpc) is 3.16. The number of rotatable bonds is 8. The highest BCUT2D eigenvalue weighted by Crippen LogP contribution is 2.44. The van der Waals surface area contributed by atoms with Crippen molar-refractivity contribution in [2.75, 3.05) is 19.0 Å². The molecule has 0 aromatic heterocycles. The van der Waals surface area contributed by atoms with Gasteiger partial charge in [0.05, 0.1) is 13.5 Å². The molecule has 0 fully saturated rings. The van der Waals surface area contributed by atoms with Crippen LogP contribution in [0.15, 0.2) is 72.8 Å². The summed E-state index contributed by atoms with van der Waals surface area (Å²) in [5.41, 5.74) is 4.73. The number of alkyl carbamates (subject to hydrolysis) is 1. The van der Waals surface area contributed by atoms with Crippen molar-refractivity contribution in [2.45, 2.75) is 18.4 Å². The van der Waals surface area contributed by atoms with E-state index in [2.05, 4.69) is 10.6 Å². The Balaban J connectivity index is 1.41. The van der Waals surface area contributed by atoms with E-state index >= 15 is 0 Å². The average molecular weight is 460 g/mol. The van der Waals surface area contributed by atoms with Gasteiger partial charge in [-0.05, 0) is 46.5 Å². The molecule has 3 N–H and O–H groups in total. The number of carbonyl (C=O) groups excluding carboxylic acids is 2. The lowest BCUT2D eigenvalue weighted by Gasteiger charge is -2.19. The predicted octanol–water partition coefficient (Wildman–Crippen LogP) is 4.02. The second-order valence-electron chi connectivity index (χ2n) is 7.84. The smallest absolute Gasteiger partial charge is 0.407 e. The number of anilines is 1. The van der Waals surface area contributed by atoms with Crippen molar-refractivity contribution in [3.05, 3.63) is 83.9 Å². The monoisotopic (exact) mass is 460 g/mol. The molecule has 0 aliphatic heterocycles. The molecular formula is C26H24N2O6. The number of hydrogen-bond acceptors (Lipinski definition) is 5.